The lowest BCUT2D eigenvalue weighted by Crippen LogP contribution is -2.25. The Bertz CT molecular complexity index is 353. The molecule has 1 unspecified atom stereocenters. The van der Waals surface area contributed by atoms with Crippen LogP contribution >= 0.6 is 27.5 Å². The lowest BCUT2D eigenvalue weighted by molar-refractivity contribution is 0.110. The first-order valence-electron chi connectivity index (χ1n) is 5.52. The van der Waals surface area contributed by atoms with Crippen LogP contribution in [0.15, 0.2) is 22.7 Å². The van der Waals surface area contributed by atoms with Crippen LogP contribution in [0, 0.1) is 0 Å². The highest BCUT2D eigenvalue weighted by Gasteiger charge is 2.14. The van der Waals surface area contributed by atoms with Crippen molar-refractivity contribution in [3.05, 3.63) is 33.3 Å². The highest BCUT2D eigenvalue weighted by atomic mass is 79.9. The van der Waals surface area contributed by atoms with Crippen LogP contribution in [0.25, 0.3) is 0 Å². The number of hydrogen-bond donors (Lipinski definition) is 1. The molecule has 0 saturated carbocycles. The van der Waals surface area contributed by atoms with Gasteiger partial charge in [0.25, 0.3) is 0 Å². The average molecular weight is 305 g/mol. The minimum atomic E-state index is 0.394. The van der Waals surface area contributed by atoms with Gasteiger partial charge in [0, 0.05) is 24.2 Å². The Morgan fingerprint density at radius 2 is 2.38 bits per heavy atom. The third kappa shape index (κ3) is 3.45. The maximum absolute atomic E-state index is 6.02. The summed E-state index contributed by atoms with van der Waals surface area (Å²) in [5, 5.41) is 4.15. The zero-order chi connectivity index (χ0) is 11.4. The Labute approximate surface area is 109 Å². The number of nitrogens with one attached hydrogen (secondary N) is 1. The van der Waals surface area contributed by atoms with Crippen molar-refractivity contribution in [3.8, 4) is 0 Å². The van der Waals surface area contributed by atoms with E-state index in [0.717, 1.165) is 29.2 Å². The van der Waals surface area contributed by atoms with E-state index in [0.29, 0.717) is 6.10 Å². The molecule has 1 N–H and O–H groups in total. The van der Waals surface area contributed by atoms with Crippen LogP contribution in [0.1, 0.15) is 18.4 Å². The molecule has 0 bridgehead atoms. The fraction of sp³-hybridized carbons (Fsp3) is 0.500. The Kier molecular flexibility index (Phi) is 4.65. The number of ether oxygens (including phenoxy) is 1. The van der Waals surface area contributed by atoms with Crippen molar-refractivity contribution in [2.75, 3.05) is 13.2 Å². The van der Waals surface area contributed by atoms with Crippen molar-refractivity contribution in [1.29, 1.82) is 0 Å². The maximum Gasteiger partial charge on any atom is 0.0700 e. The second-order valence-corrected chi connectivity index (χ2v) is 5.28. The third-order valence-corrected chi connectivity index (χ3v) is 3.94. The maximum atomic E-state index is 6.02. The molecular formula is C12H15BrClNO. The van der Waals surface area contributed by atoms with Gasteiger partial charge in [-0.1, -0.05) is 17.7 Å². The standard InChI is InChI=1S/C12H15BrClNO/c13-11-4-3-9(6-12(11)14)7-15-8-10-2-1-5-16-10/h3-4,6,10,15H,1-2,5,7-8H2. The number of hydrogen-bond acceptors (Lipinski definition) is 2. The average Bonchev–Trinajstić information content (AvgIpc) is 2.76. The van der Waals surface area contributed by atoms with E-state index >= 15 is 0 Å². The molecule has 0 radical (unpaired) electrons. The Morgan fingerprint density at radius 3 is 3.06 bits per heavy atom. The summed E-state index contributed by atoms with van der Waals surface area (Å²) in [6.07, 6.45) is 2.76. The zero-order valence-electron chi connectivity index (χ0n) is 9.01. The van der Waals surface area contributed by atoms with Crippen LogP contribution < -0.4 is 5.32 Å². The van der Waals surface area contributed by atoms with Gasteiger partial charge in [0.1, 0.15) is 0 Å². The van der Waals surface area contributed by atoms with Gasteiger partial charge in [0.05, 0.1) is 11.1 Å². The van der Waals surface area contributed by atoms with E-state index in [4.69, 9.17) is 16.3 Å². The molecule has 2 nitrogen and oxygen atoms in total. The first-order valence-corrected chi connectivity index (χ1v) is 6.69. The molecule has 4 heteroatoms. The summed E-state index contributed by atoms with van der Waals surface area (Å²) in [5.74, 6) is 0. The number of halogens is 2. The van der Waals surface area contributed by atoms with E-state index in [1.165, 1.54) is 18.4 Å². The van der Waals surface area contributed by atoms with Gasteiger partial charge in [0.2, 0.25) is 0 Å². The zero-order valence-corrected chi connectivity index (χ0v) is 11.4. The van der Waals surface area contributed by atoms with E-state index in [-0.39, 0.29) is 0 Å². The summed E-state index contributed by atoms with van der Waals surface area (Å²) in [4.78, 5) is 0. The molecule has 1 saturated heterocycles. The molecule has 88 valence electrons. The van der Waals surface area contributed by atoms with E-state index < -0.39 is 0 Å². The minimum Gasteiger partial charge on any atom is -0.377 e. The van der Waals surface area contributed by atoms with E-state index in [1.807, 2.05) is 12.1 Å². The van der Waals surface area contributed by atoms with Crippen molar-refractivity contribution < 1.29 is 4.74 Å². The molecular weight excluding hydrogens is 289 g/mol. The molecule has 1 aliphatic heterocycles. The van der Waals surface area contributed by atoms with Gasteiger partial charge in [0.15, 0.2) is 0 Å². The van der Waals surface area contributed by atoms with Crippen LogP contribution in [-0.4, -0.2) is 19.3 Å². The third-order valence-electron chi connectivity index (χ3n) is 2.71. The van der Waals surface area contributed by atoms with E-state index in [9.17, 15) is 0 Å². The summed E-state index contributed by atoms with van der Waals surface area (Å²) in [5.41, 5.74) is 1.20. The van der Waals surface area contributed by atoms with Crippen molar-refractivity contribution in [3.63, 3.8) is 0 Å². The molecule has 0 amide bonds. The Morgan fingerprint density at radius 1 is 1.50 bits per heavy atom. The molecule has 0 spiro atoms. The normalized spacial score (nSPS) is 20.2. The fourth-order valence-corrected chi connectivity index (χ4v) is 2.28. The molecule has 1 aromatic rings. The first kappa shape index (κ1) is 12.4. The lowest BCUT2D eigenvalue weighted by atomic mass is 10.2. The summed E-state index contributed by atoms with van der Waals surface area (Å²) < 4.78 is 6.48. The number of rotatable bonds is 4. The summed E-state index contributed by atoms with van der Waals surface area (Å²) in [6.45, 7) is 2.68. The molecule has 0 aliphatic carbocycles. The van der Waals surface area contributed by atoms with Crippen molar-refractivity contribution >= 4 is 27.5 Å². The molecule has 0 aromatic heterocycles. The van der Waals surface area contributed by atoms with Gasteiger partial charge in [-0.2, -0.15) is 0 Å². The second kappa shape index (κ2) is 6.01. The van der Waals surface area contributed by atoms with Gasteiger partial charge in [-0.05, 0) is 46.5 Å². The van der Waals surface area contributed by atoms with Crippen LogP contribution in [-0.2, 0) is 11.3 Å². The van der Waals surface area contributed by atoms with E-state index in [2.05, 4.69) is 27.3 Å². The van der Waals surface area contributed by atoms with Gasteiger partial charge in [-0.15, -0.1) is 0 Å². The monoisotopic (exact) mass is 303 g/mol. The van der Waals surface area contributed by atoms with Crippen molar-refractivity contribution in [2.45, 2.75) is 25.5 Å². The van der Waals surface area contributed by atoms with Crippen molar-refractivity contribution in [2.24, 2.45) is 0 Å². The molecule has 2 rings (SSSR count). The van der Waals surface area contributed by atoms with Crippen LogP contribution in [0.4, 0.5) is 0 Å². The number of benzene rings is 1. The Balaban J connectivity index is 1.78. The van der Waals surface area contributed by atoms with Crippen LogP contribution in [0.3, 0.4) is 0 Å². The SMILES string of the molecule is Clc1cc(CNCC2CCCO2)ccc1Br. The van der Waals surface area contributed by atoms with Gasteiger partial charge in [-0.3, -0.25) is 0 Å². The Hall–Kier alpha value is -0.0900. The van der Waals surface area contributed by atoms with Gasteiger partial charge >= 0.3 is 0 Å². The summed E-state index contributed by atoms with van der Waals surface area (Å²) >= 11 is 9.40. The highest BCUT2D eigenvalue weighted by Crippen LogP contribution is 2.23. The quantitative estimate of drug-likeness (QED) is 0.921. The smallest absolute Gasteiger partial charge is 0.0700 e. The van der Waals surface area contributed by atoms with Gasteiger partial charge in [-0.25, -0.2) is 0 Å². The molecule has 1 aromatic carbocycles. The lowest BCUT2D eigenvalue weighted by Gasteiger charge is -2.11. The largest absolute Gasteiger partial charge is 0.377 e. The van der Waals surface area contributed by atoms with Gasteiger partial charge < -0.3 is 10.1 Å². The van der Waals surface area contributed by atoms with Crippen molar-refractivity contribution in [1.82, 2.24) is 5.32 Å². The molecule has 1 aliphatic rings. The predicted octanol–water partition coefficient (Wildman–Crippen LogP) is 3.37. The highest BCUT2D eigenvalue weighted by molar-refractivity contribution is 9.10. The van der Waals surface area contributed by atoms with Crippen LogP contribution in [0.5, 0.6) is 0 Å². The van der Waals surface area contributed by atoms with E-state index in [1.54, 1.807) is 0 Å². The summed E-state index contributed by atoms with van der Waals surface area (Å²) in [6, 6.07) is 6.03. The topological polar surface area (TPSA) is 21.3 Å². The summed E-state index contributed by atoms with van der Waals surface area (Å²) in [7, 11) is 0. The predicted molar refractivity (Wildman–Crippen MR) is 69.8 cm³/mol. The molecule has 1 atom stereocenters. The van der Waals surface area contributed by atoms with Crippen LogP contribution in [0.2, 0.25) is 5.02 Å². The fourth-order valence-electron chi connectivity index (χ4n) is 1.83. The molecule has 1 heterocycles. The first-order chi connectivity index (χ1) is 7.75. The second-order valence-electron chi connectivity index (χ2n) is 4.01. The molecule has 16 heavy (non-hydrogen) atoms. The minimum absolute atomic E-state index is 0.394. The molecule has 1 fully saturated rings.